The summed E-state index contributed by atoms with van der Waals surface area (Å²) in [5.74, 6) is 0.769. The molecular formula is C18H26ClN3O3. The second-order valence-corrected chi connectivity index (χ2v) is 6.61. The van der Waals surface area contributed by atoms with Gasteiger partial charge in [0.25, 0.3) is 0 Å². The van der Waals surface area contributed by atoms with Gasteiger partial charge in [0.2, 0.25) is 11.8 Å². The van der Waals surface area contributed by atoms with Crippen LogP contribution in [0, 0.1) is 5.92 Å². The molecule has 2 saturated heterocycles. The van der Waals surface area contributed by atoms with E-state index < -0.39 is 0 Å². The molecule has 6 nitrogen and oxygen atoms in total. The number of likely N-dealkylation sites (tertiary alicyclic amines) is 1. The predicted octanol–water partition coefficient (Wildman–Crippen LogP) is 1.29. The normalized spacial score (nSPS) is 23.4. The Kier molecular flexibility index (Phi) is 6.67. The van der Waals surface area contributed by atoms with E-state index >= 15 is 0 Å². The molecule has 25 heavy (non-hydrogen) atoms. The fourth-order valence-corrected chi connectivity index (χ4v) is 3.44. The number of rotatable bonds is 4. The van der Waals surface area contributed by atoms with Crippen molar-refractivity contribution in [3.63, 3.8) is 0 Å². The van der Waals surface area contributed by atoms with Crippen LogP contribution in [0.3, 0.4) is 0 Å². The van der Waals surface area contributed by atoms with Crippen LogP contribution in [-0.2, 0) is 16.1 Å². The number of amides is 2. The van der Waals surface area contributed by atoms with E-state index in [4.69, 9.17) is 4.74 Å². The molecule has 1 unspecified atom stereocenters. The van der Waals surface area contributed by atoms with Gasteiger partial charge in [0.05, 0.1) is 13.0 Å². The summed E-state index contributed by atoms with van der Waals surface area (Å²) in [5.41, 5.74) is 1.05. The van der Waals surface area contributed by atoms with E-state index in [-0.39, 0.29) is 36.2 Å². The Labute approximate surface area is 154 Å². The molecule has 3 rings (SSSR count). The minimum Gasteiger partial charge on any atom is -0.497 e. The Morgan fingerprint density at radius 2 is 2.04 bits per heavy atom. The highest BCUT2D eigenvalue weighted by Gasteiger charge is 2.38. The van der Waals surface area contributed by atoms with Gasteiger partial charge in [-0.15, -0.1) is 12.4 Å². The summed E-state index contributed by atoms with van der Waals surface area (Å²) in [6.45, 7) is 5.48. The van der Waals surface area contributed by atoms with Crippen molar-refractivity contribution in [1.82, 2.24) is 15.1 Å². The summed E-state index contributed by atoms with van der Waals surface area (Å²) in [6.07, 6.45) is 0.325. The Hall–Kier alpha value is -1.79. The van der Waals surface area contributed by atoms with Crippen LogP contribution in [-0.4, -0.2) is 60.9 Å². The molecule has 2 fully saturated rings. The Bertz CT molecular complexity index is 608. The average molecular weight is 368 g/mol. The Balaban J connectivity index is 0.00000225. The van der Waals surface area contributed by atoms with Gasteiger partial charge >= 0.3 is 0 Å². The molecule has 0 bridgehead atoms. The number of halogens is 1. The first kappa shape index (κ1) is 19.5. The number of methoxy groups -OCH3 is 1. The molecular weight excluding hydrogens is 342 g/mol. The summed E-state index contributed by atoms with van der Waals surface area (Å²) < 4.78 is 5.15. The Morgan fingerprint density at radius 1 is 1.32 bits per heavy atom. The second kappa shape index (κ2) is 8.54. The number of hydrogen-bond acceptors (Lipinski definition) is 4. The smallest absolute Gasteiger partial charge is 0.228 e. The monoisotopic (exact) mass is 367 g/mol. The molecule has 0 saturated carbocycles. The van der Waals surface area contributed by atoms with Crippen molar-refractivity contribution in [3.05, 3.63) is 29.8 Å². The van der Waals surface area contributed by atoms with Gasteiger partial charge in [0.1, 0.15) is 5.75 Å². The molecule has 2 aliphatic heterocycles. The van der Waals surface area contributed by atoms with E-state index in [0.717, 1.165) is 30.9 Å². The lowest BCUT2D eigenvalue weighted by Crippen LogP contribution is -2.54. The third-order valence-corrected chi connectivity index (χ3v) is 4.88. The van der Waals surface area contributed by atoms with Crippen molar-refractivity contribution in [2.24, 2.45) is 5.92 Å². The third kappa shape index (κ3) is 4.44. The molecule has 0 radical (unpaired) electrons. The third-order valence-electron chi connectivity index (χ3n) is 4.88. The molecule has 2 heterocycles. The molecule has 138 valence electrons. The van der Waals surface area contributed by atoms with E-state index in [2.05, 4.69) is 12.2 Å². The summed E-state index contributed by atoms with van der Waals surface area (Å²) in [4.78, 5) is 28.8. The number of benzene rings is 1. The molecule has 2 atom stereocenters. The fourth-order valence-electron chi connectivity index (χ4n) is 3.44. The zero-order valence-corrected chi connectivity index (χ0v) is 15.6. The number of nitrogens with zero attached hydrogens (tertiary/aromatic N) is 2. The zero-order chi connectivity index (χ0) is 17.1. The molecule has 2 aliphatic rings. The number of carbonyl (C=O) groups excluding carboxylic acids is 2. The van der Waals surface area contributed by atoms with Crippen LogP contribution in [0.5, 0.6) is 5.75 Å². The second-order valence-electron chi connectivity index (χ2n) is 6.61. The Morgan fingerprint density at radius 3 is 2.68 bits per heavy atom. The van der Waals surface area contributed by atoms with Gasteiger partial charge in [0, 0.05) is 45.2 Å². The fraction of sp³-hybridized carbons (Fsp3) is 0.556. The van der Waals surface area contributed by atoms with Crippen LogP contribution in [0.15, 0.2) is 24.3 Å². The first-order valence-corrected chi connectivity index (χ1v) is 8.50. The number of ether oxygens (including phenoxy) is 1. The summed E-state index contributed by atoms with van der Waals surface area (Å²) in [7, 11) is 1.63. The largest absolute Gasteiger partial charge is 0.497 e. The van der Waals surface area contributed by atoms with Gasteiger partial charge in [0.15, 0.2) is 0 Å². The number of nitrogens with one attached hydrogen (secondary N) is 1. The van der Waals surface area contributed by atoms with Crippen molar-refractivity contribution in [2.75, 3.05) is 33.3 Å². The molecule has 0 aromatic heterocycles. The first-order chi connectivity index (χ1) is 11.6. The van der Waals surface area contributed by atoms with Gasteiger partial charge in [-0.1, -0.05) is 12.1 Å². The molecule has 0 aliphatic carbocycles. The molecule has 2 amide bonds. The SMILES string of the molecule is COc1ccc(CN2CC(C(=O)N3CCNC[C@H]3C)CC2=O)cc1.Cl. The van der Waals surface area contributed by atoms with Gasteiger partial charge < -0.3 is 19.9 Å². The lowest BCUT2D eigenvalue weighted by Gasteiger charge is -2.35. The summed E-state index contributed by atoms with van der Waals surface area (Å²) >= 11 is 0. The lowest BCUT2D eigenvalue weighted by atomic mass is 10.1. The highest BCUT2D eigenvalue weighted by Crippen LogP contribution is 2.24. The van der Waals surface area contributed by atoms with Crippen LogP contribution in [0.1, 0.15) is 18.9 Å². The summed E-state index contributed by atoms with van der Waals surface area (Å²) in [5, 5.41) is 3.29. The minimum absolute atomic E-state index is 0. The quantitative estimate of drug-likeness (QED) is 0.871. The van der Waals surface area contributed by atoms with Gasteiger partial charge in [-0.25, -0.2) is 0 Å². The molecule has 1 N–H and O–H groups in total. The van der Waals surface area contributed by atoms with Gasteiger partial charge in [-0.2, -0.15) is 0 Å². The van der Waals surface area contributed by atoms with Crippen LogP contribution in [0.4, 0.5) is 0 Å². The molecule has 1 aromatic carbocycles. The van der Waals surface area contributed by atoms with Gasteiger partial charge in [-0.05, 0) is 24.6 Å². The first-order valence-electron chi connectivity index (χ1n) is 8.50. The summed E-state index contributed by atoms with van der Waals surface area (Å²) in [6, 6.07) is 7.89. The van der Waals surface area contributed by atoms with E-state index in [1.807, 2.05) is 29.2 Å². The average Bonchev–Trinajstić information content (AvgIpc) is 2.96. The maximum atomic E-state index is 12.7. The zero-order valence-electron chi connectivity index (χ0n) is 14.7. The van der Waals surface area contributed by atoms with E-state index in [1.165, 1.54) is 0 Å². The van der Waals surface area contributed by atoms with E-state index in [9.17, 15) is 9.59 Å². The van der Waals surface area contributed by atoms with Crippen molar-refractivity contribution in [2.45, 2.75) is 25.9 Å². The molecule has 1 aromatic rings. The maximum Gasteiger partial charge on any atom is 0.228 e. The van der Waals surface area contributed by atoms with Crippen molar-refractivity contribution in [1.29, 1.82) is 0 Å². The van der Waals surface area contributed by atoms with Crippen LogP contribution in [0.2, 0.25) is 0 Å². The molecule has 0 spiro atoms. The predicted molar refractivity (Wildman–Crippen MR) is 97.8 cm³/mol. The van der Waals surface area contributed by atoms with Crippen molar-refractivity contribution >= 4 is 24.2 Å². The number of hydrogen-bond donors (Lipinski definition) is 1. The topological polar surface area (TPSA) is 61.9 Å². The standard InChI is InChI=1S/C18H25N3O3.ClH/c1-13-10-19-7-8-21(13)18(23)15-9-17(22)20(12-15)11-14-3-5-16(24-2)6-4-14;/h3-6,13,15,19H,7-12H2,1-2H3;1H/t13-,15?;/m1./s1. The van der Waals surface area contributed by atoms with Crippen molar-refractivity contribution in [3.8, 4) is 5.75 Å². The maximum absolute atomic E-state index is 12.7. The van der Waals surface area contributed by atoms with Crippen LogP contribution >= 0.6 is 12.4 Å². The van der Waals surface area contributed by atoms with Crippen LogP contribution < -0.4 is 10.1 Å². The lowest BCUT2D eigenvalue weighted by molar-refractivity contribution is -0.138. The van der Waals surface area contributed by atoms with E-state index in [1.54, 1.807) is 12.0 Å². The molecule has 7 heteroatoms. The number of piperazine rings is 1. The highest BCUT2D eigenvalue weighted by atomic mass is 35.5. The highest BCUT2D eigenvalue weighted by molar-refractivity contribution is 5.89. The van der Waals surface area contributed by atoms with E-state index in [0.29, 0.717) is 19.5 Å². The van der Waals surface area contributed by atoms with Gasteiger partial charge in [-0.3, -0.25) is 9.59 Å². The van der Waals surface area contributed by atoms with Crippen molar-refractivity contribution < 1.29 is 14.3 Å². The van der Waals surface area contributed by atoms with Crippen LogP contribution in [0.25, 0.3) is 0 Å². The minimum atomic E-state index is -0.212. The number of carbonyl (C=O) groups is 2.